The van der Waals surface area contributed by atoms with Crippen molar-refractivity contribution in [2.24, 2.45) is 0 Å². The van der Waals surface area contributed by atoms with E-state index >= 15 is 0 Å². The van der Waals surface area contributed by atoms with Gasteiger partial charge in [-0.25, -0.2) is 0 Å². The summed E-state index contributed by atoms with van der Waals surface area (Å²) in [5, 5.41) is 0. The van der Waals surface area contributed by atoms with Crippen LogP contribution >= 0.6 is 0 Å². The predicted molar refractivity (Wildman–Crippen MR) is 107 cm³/mol. The van der Waals surface area contributed by atoms with Crippen LogP contribution in [0.1, 0.15) is 63.5 Å². The molecule has 3 atom stereocenters. The van der Waals surface area contributed by atoms with Gasteiger partial charge in [-0.05, 0) is 48.6 Å². The fourth-order valence-electron chi connectivity index (χ4n) is 4.84. The van der Waals surface area contributed by atoms with E-state index in [1.54, 1.807) is 6.08 Å². The van der Waals surface area contributed by atoms with Gasteiger partial charge in [0.15, 0.2) is 17.3 Å². The number of ketones is 1. The number of carbonyl (C=O) groups excluding carboxylic acids is 1. The molecule has 1 aromatic carbocycles. The van der Waals surface area contributed by atoms with Gasteiger partial charge in [-0.1, -0.05) is 32.8 Å². The smallest absolute Gasteiger partial charge is 0.161 e. The van der Waals surface area contributed by atoms with Gasteiger partial charge in [0, 0.05) is 31.0 Å². The monoisotopic (exact) mass is 369 g/mol. The molecule has 0 aromatic heterocycles. The maximum absolute atomic E-state index is 12.0. The second-order valence-electron chi connectivity index (χ2n) is 8.14. The first-order valence-corrected chi connectivity index (χ1v) is 10.6. The quantitative estimate of drug-likeness (QED) is 0.637. The van der Waals surface area contributed by atoms with E-state index in [9.17, 15) is 4.79 Å². The first kappa shape index (κ1) is 18.5. The van der Waals surface area contributed by atoms with Gasteiger partial charge >= 0.3 is 0 Å². The van der Waals surface area contributed by atoms with Crippen molar-refractivity contribution >= 4 is 5.78 Å². The van der Waals surface area contributed by atoms with Crippen LogP contribution in [-0.2, 0) is 16.8 Å². The van der Waals surface area contributed by atoms with Crippen molar-refractivity contribution < 1.29 is 14.3 Å². The van der Waals surface area contributed by atoms with E-state index in [1.807, 2.05) is 0 Å². The van der Waals surface area contributed by atoms with Gasteiger partial charge < -0.3 is 9.47 Å². The van der Waals surface area contributed by atoms with E-state index in [4.69, 9.17) is 9.47 Å². The molecule has 1 unspecified atom stereocenters. The lowest BCUT2D eigenvalue weighted by atomic mass is 9.67. The summed E-state index contributed by atoms with van der Waals surface area (Å²) < 4.78 is 12.2. The minimum absolute atomic E-state index is 0.0354. The Hall–Kier alpha value is -1.81. The van der Waals surface area contributed by atoms with E-state index < -0.39 is 0 Å². The Morgan fingerprint density at radius 3 is 2.52 bits per heavy atom. The van der Waals surface area contributed by atoms with Crippen molar-refractivity contribution in [3.05, 3.63) is 35.4 Å². The van der Waals surface area contributed by atoms with E-state index in [0.29, 0.717) is 12.5 Å². The first-order valence-electron chi connectivity index (χ1n) is 10.6. The fourth-order valence-corrected chi connectivity index (χ4v) is 4.84. The van der Waals surface area contributed by atoms with Crippen LogP contribution in [-0.4, -0.2) is 36.5 Å². The summed E-state index contributed by atoms with van der Waals surface area (Å²) in [5.74, 6) is 2.01. The Kier molecular flexibility index (Phi) is 5.27. The summed E-state index contributed by atoms with van der Waals surface area (Å²) in [4.78, 5) is 14.5. The van der Waals surface area contributed by atoms with Crippen LogP contribution in [0, 0.1) is 0 Å². The fraction of sp³-hybridized carbons (Fsp3) is 0.609. The third-order valence-corrected chi connectivity index (χ3v) is 6.36. The Labute approximate surface area is 162 Å². The zero-order valence-electron chi connectivity index (χ0n) is 16.6. The maximum Gasteiger partial charge on any atom is 0.161 e. The third-order valence-electron chi connectivity index (χ3n) is 6.36. The number of hydrogen-bond acceptors (Lipinski definition) is 4. The van der Waals surface area contributed by atoms with Crippen molar-refractivity contribution in [1.82, 2.24) is 4.90 Å². The number of nitrogens with zero attached hydrogens (tertiary/aromatic N) is 1. The molecule has 27 heavy (non-hydrogen) atoms. The average molecular weight is 370 g/mol. The predicted octanol–water partition coefficient (Wildman–Crippen LogP) is 4.40. The summed E-state index contributed by atoms with van der Waals surface area (Å²) in [5.41, 5.74) is 2.64. The largest absolute Gasteiger partial charge is 0.490 e. The van der Waals surface area contributed by atoms with Crippen LogP contribution < -0.4 is 9.47 Å². The maximum atomic E-state index is 12.0. The van der Waals surface area contributed by atoms with E-state index in [0.717, 1.165) is 69.9 Å². The van der Waals surface area contributed by atoms with Gasteiger partial charge in [-0.3, -0.25) is 9.69 Å². The Balaban J connectivity index is 1.71. The third kappa shape index (κ3) is 3.29. The lowest BCUT2D eigenvalue weighted by molar-refractivity contribution is -0.116. The van der Waals surface area contributed by atoms with Crippen molar-refractivity contribution in [3.8, 4) is 11.5 Å². The number of hydrogen-bond donors (Lipinski definition) is 0. The molecule has 4 heteroatoms. The Morgan fingerprint density at radius 1 is 1.11 bits per heavy atom. The first-order chi connectivity index (χ1) is 13.2. The second-order valence-corrected chi connectivity index (χ2v) is 8.14. The van der Waals surface area contributed by atoms with Crippen molar-refractivity contribution in [3.63, 3.8) is 0 Å². The molecule has 0 amide bonds. The van der Waals surface area contributed by atoms with Crippen LogP contribution in [0.3, 0.4) is 0 Å². The van der Waals surface area contributed by atoms with Gasteiger partial charge in [0.05, 0.1) is 13.2 Å². The molecule has 0 N–H and O–H groups in total. The zero-order valence-corrected chi connectivity index (χ0v) is 16.6. The molecule has 146 valence electrons. The molecular weight excluding hydrogens is 338 g/mol. The molecule has 4 rings (SSSR count). The molecule has 1 aliphatic carbocycles. The Morgan fingerprint density at radius 2 is 1.81 bits per heavy atom. The van der Waals surface area contributed by atoms with Crippen LogP contribution in [0.2, 0.25) is 0 Å². The summed E-state index contributed by atoms with van der Waals surface area (Å²) in [6.45, 7) is 7.75. The molecule has 3 aliphatic rings. The normalized spacial score (nSPS) is 28.0. The summed E-state index contributed by atoms with van der Waals surface area (Å²) in [6, 6.07) is 4.73. The molecule has 2 aliphatic heterocycles. The van der Waals surface area contributed by atoms with Gasteiger partial charge in [0.25, 0.3) is 0 Å². The summed E-state index contributed by atoms with van der Waals surface area (Å²) in [6.07, 6.45) is 10.0. The topological polar surface area (TPSA) is 38.8 Å². The summed E-state index contributed by atoms with van der Waals surface area (Å²) in [7, 11) is 0. The molecular formula is C23H31NO3. The van der Waals surface area contributed by atoms with Crippen LogP contribution in [0.25, 0.3) is 0 Å². The van der Waals surface area contributed by atoms with Gasteiger partial charge in [0.2, 0.25) is 0 Å². The van der Waals surface area contributed by atoms with Gasteiger partial charge in [0.1, 0.15) is 0 Å². The highest BCUT2D eigenvalue weighted by Gasteiger charge is 2.53. The molecule has 2 bridgehead atoms. The summed E-state index contributed by atoms with van der Waals surface area (Å²) >= 11 is 0. The number of fused-ring (bicyclic) bond motifs is 1. The molecule has 4 nitrogen and oxygen atoms in total. The van der Waals surface area contributed by atoms with Crippen molar-refractivity contribution in [2.75, 3.05) is 19.8 Å². The van der Waals surface area contributed by atoms with Crippen LogP contribution in [0.5, 0.6) is 11.5 Å². The zero-order chi connectivity index (χ0) is 18.9. The standard InChI is InChI=1S/C23H31NO3/c1-3-5-11-26-20-13-17-16-24-10-9-23(8-7-18(25)14-22(23)24)19(17)15-21(20)27-12-6-4-2/h7-8,13,15,22H,3-6,9-12,14,16H2,1-2H3/t22-,23-/m0/s1. The van der Waals surface area contributed by atoms with Crippen LogP contribution in [0.15, 0.2) is 24.3 Å². The van der Waals surface area contributed by atoms with E-state index in [1.165, 1.54) is 11.1 Å². The molecule has 0 radical (unpaired) electrons. The number of allylic oxidation sites excluding steroid dienone is 1. The van der Waals surface area contributed by atoms with Gasteiger partial charge in [-0.15, -0.1) is 0 Å². The van der Waals surface area contributed by atoms with E-state index in [2.05, 4.69) is 37.0 Å². The lowest BCUT2D eigenvalue weighted by Gasteiger charge is -2.44. The number of unbranched alkanes of at least 4 members (excludes halogenated alkanes) is 2. The minimum atomic E-state index is -0.0354. The number of carbonyl (C=O) groups is 1. The molecule has 2 heterocycles. The molecule has 1 fully saturated rings. The van der Waals surface area contributed by atoms with E-state index in [-0.39, 0.29) is 11.2 Å². The highest BCUT2D eigenvalue weighted by molar-refractivity contribution is 5.92. The van der Waals surface area contributed by atoms with Crippen molar-refractivity contribution in [1.29, 1.82) is 0 Å². The SMILES string of the molecule is CCCCOc1cc2c(cc1OCCCC)[C@@]13C=CC(=O)C[C@@H]1N(CC3)C2. The Bertz CT molecular complexity index is 741. The van der Waals surface area contributed by atoms with Gasteiger partial charge in [-0.2, -0.15) is 0 Å². The number of benzene rings is 1. The molecule has 0 spiro atoms. The highest BCUT2D eigenvalue weighted by atomic mass is 16.5. The average Bonchev–Trinajstić information content (AvgIpc) is 2.94. The number of ether oxygens (including phenoxy) is 2. The second kappa shape index (κ2) is 7.67. The molecule has 1 saturated heterocycles. The van der Waals surface area contributed by atoms with Crippen LogP contribution in [0.4, 0.5) is 0 Å². The lowest BCUT2D eigenvalue weighted by Crippen LogP contribution is -2.48. The minimum Gasteiger partial charge on any atom is -0.490 e. The molecule has 1 aromatic rings. The number of rotatable bonds is 8. The molecule has 0 saturated carbocycles. The van der Waals surface area contributed by atoms with Crippen molar-refractivity contribution in [2.45, 2.75) is 70.4 Å². The highest BCUT2D eigenvalue weighted by Crippen LogP contribution is 2.52.